The van der Waals surface area contributed by atoms with E-state index in [2.05, 4.69) is 146 Å². The Balaban J connectivity index is 0.00000129. The van der Waals surface area contributed by atoms with Gasteiger partial charge in [0.05, 0.1) is 16.7 Å². The van der Waals surface area contributed by atoms with Crippen molar-refractivity contribution in [3.63, 3.8) is 0 Å². The zero-order valence-electron chi connectivity index (χ0n) is 26.7. The van der Waals surface area contributed by atoms with Gasteiger partial charge in [-0.1, -0.05) is 121 Å². The van der Waals surface area contributed by atoms with Crippen LogP contribution in [-0.4, -0.2) is 13.0 Å². The van der Waals surface area contributed by atoms with E-state index < -0.39 is 8.41 Å². The molecule has 1 nitrogen and oxygen atoms in total. The van der Waals surface area contributed by atoms with E-state index in [-0.39, 0.29) is 56.9 Å². The molecule has 0 saturated heterocycles. The first-order chi connectivity index (χ1) is 21.6. The molecule has 0 aliphatic heterocycles. The SMILES string of the molecule is CC1=C(C2C(C3CC3)=Cc3c2cccc3-n2c3ccccc3c3ccccc32)c2c(-c3ccccc3)c(=[Si](C)C)ccc2=[C-]1.[Cl-].[Cl-].[Zr+3]. The van der Waals surface area contributed by atoms with E-state index in [1.807, 2.05) is 0 Å². The van der Waals surface area contributed by atoms with E-state index in [1.165, 1.54) is 89.3 Å². The van der Waals surface area contributed by atoms with Crippen molar-refractivity contribution in [2.24, 2.45) is 5.92 Å². The minimum atomic E-state index is -0.696. The predicted molar refractivity (Wildman–Crippen MR) is 188 cm³/mol. The van der Waals surface area contributed by atoms with Crippen LogP contribution in [-0.2, 0) is 26.2 Å². The van der Waals surface area contributed by atoms with Crippen molar-refractivity contribution < 1.29 is 51.0 Å². The van der Waals surface area contributed by atoms with Crippen LogP contribution >= 0.6 is 0 Å². The second-order valence-electron chi connectivity index (χ2n) is 12.9. The van der Waals surface area contributed by atoms with Gasteiger partial charge in [-0.3, -0.25) is 0 Å². The molecule has 0 bridgehead atoms. The summed E-state index contributed by atoms with van der Waals surface area (Å²) in [7, 11) is -0.696. The Bertz CT molecular complexity index is 2320. The van der Waals surface area contributed by atoms with Crippen molar-refractivity contribution in [1.82, 2.24) is 4.57 Å². The van der Waals surface area contributed by atoms with Crippen LogP contribution in [0.4, 0.5) is 0 Å². The second-order valence-corrected chi connectivity index (χ2v) is 15.5. The van der Waals surface area contributed by atoms with Crippen molar-refractivity contribution in [3.05, 3.63) is 147 Å². The van der Waals surface area contributed by atoms with Gasteiger partial charge < -0.3 is 29.4 Å². The Morgan fingerprint density at radius 1 is 0.702 bits per heavy atom. The van der Waals surface area contributed by atoms with E-state index in [1.54, 1.807) is 5.57 Å². The first-order valence-corrected chi connectivity index (χ1v) is 18.4. The summed E-state index contributed by atoms with van der Waals surface area (Å²) in [6.07, 6.45) is 9.02. The minimum Gasteiger partial charge on any atom is -1.00 e. The normalized spacial score (nSPS) is 16.1. The van der Waals surface area contributed by atoms with E-state index in [4.69, 9.17) is 0 Å². The Hall–Kier alpha value is -3.07. The van der Waals surface area contributed by atoms with Gasteiger partial charge in [0.2, 0.25) is 0 Å². The van der Waals surface area contributed by atoms with Gasteiger partial charge in [-0.2, -0.15) is 5.22 Å². The van der Waals surface area contributed by atoms with Crippen LogP contribution in [0.3, 0.4) is 0 Å². The molecule has 1 radical (unpaired) electrons. The van der Waals surface area contributed by atoms with Crippen LogP contribution in [0.2, 0.25) is 13.1 Å². The van der Waals surface area contributed by atoms with Gasteiger partial charge in [-0.15, -0.1) is 34.9 Å². The summed E-state index contributed by atoms with van der Waals surface area (Å²) in [5.74, 6) is 0.907. The van der Waals surface area contributed by atoms with Crippen molar-refractivity contribution in [2.75, 3.05) is 0 Å². The molecule has 0 amide bonds. The zero-order chi connectivity index (χ0) is 29.5. The molecule has 1 saturated carbocycles. The van der Waals surface area contributed by atoms with Gasteiger partial charge in [0, 0.05) is 24.7 Å². The standard InChI is InChI=1S/C42H34NSi.2ClH.Zr/c1-26-24-29-22-23-38(44(2)3)40(28-12-5-4-6-13-28)41(29)39(26)42-32-16-11-19-37(34(32)25-33(42)27-20-21-27)43-35-17-9-7-14-30(35)31-15-8-10-18-36(31)43;;;/h4-19,22-23,25,27,42H,20-21H2,1-3H3;2*1H;/q-1;;;+3/p-2. The van der Waals surface area contributed by atoms with Gasteiger partial charge in [-0.25, -0.2) is 0 Å². The number of para-hydroxylation sites is 2. The van der Waals surface area contributed by atoms with Crippen molar-refractivity contribution >= 4 is 47.9 Å². The molecule has 1 aromatic heterocycles. The molecule has 5 aromatic carbocycles. The molecular formula is C42H34Cl2NSiZr. The molecule has 47 heavy (non-hydrogen) atoms. The van der Waals surface area contributed by atoms with Crippen LogP contribution in [0.15, 0.2) is 120 Å². The monoisotopic (exact) mass is 740 g/mol. The molecule has 0 spiro atoms. The molecule has 1 atom stereocenters. The number of hydrogen-bond donors (Lipinski definition) is 0. The summed E-state index contributed by atoms with van der Waals surface area (Å²) in [5.41, 5.74) is 15.2. The van der Waals surface area contributed by atoms with Crippen molar-refractivity contribution in [2.45, 2.75) is 38.8 Å². The average Bonchev–Trinajstić information content (AvgIpc) is 3.64. The minimum absolute atomic E-state index is 0. The maximum Gasteiger partial charge on any atom is 3.00 e. The first kappa shape index (κ1) is 33.8. The summed E-state index contributed by atoms with van der Waals surface area (Å²) in [6.45, 7) is 7.15. The summed E-state index contributed by atoms with van der Waals surface area (Å²) in [5, 5.41) is 3.88. The predicted octanol–water partition coefficient (Wildman–Crippen LogP) is 4.08. The maximum atomic E-state index is 3.86. The van der Waals surface area contributed by atoms with Gasteiger partial charge in [0.25, 0.3) is 0 Å². The fourth-order valence-corrected chi connectivity index (χ4v) is 9.19. The number of allylic oxidation sites excluding steroid dienone is 3. The van der Waals surface area contributed by atoms with Crippen LogP contribution in [0.1, 0.15) is 42.4 Å². The quantitative estimate of drug-likeness (QED) is 0.190. The molecule has 1 fully saturated rings. The number of nitrogens with zero attached hydrogens (tertiary/aromatic N) is 1. The fourth-order valence-electron chi connectivity index (χ4n) is 8.00. The molecule has 1 unspecified atom stereocenters. The number of fused-ring (bicyclic) bond motifs is 5. The van der Waals surface area contributed by atoms with Gasteiger partial charge in [-0.05, 0) is 54.0 Å². The Morgan fingerprint density at radius 3 is 1.98 bits per heavy atom. The van der Waals surface area contributed by atoms with Crippen LogP contribution in [0, 0.1) is 10.7 Å². The average molecular weight is 743 g/mol. The molecular weight excluding hydrogens is 709 g/mol. The van der Waals surface area contributed by atoms with Crippen molar-refractivity contribution in [3.8, 4) is 16.8 Å². The van der Waals surface area contributed by atoms with E-state index >= 15 is 0 Å². The molecule has 3 aliphatic carbocycles. The van der Waals surface area contributed by atoms with Crippen molar-refractivity contribution in [1.29, 1.82) is 0 Å². The summed E-state index contributed by atoms with van der Waals surface area (Å²) in [6, 6.07) is 40.6. The number of hydrogen-bond acceptors (Lipinski definition) is 0. The Labute approximate surface area is 309 Å². The third-order valence-electron chi connectivity index (χ3n) is 10.0. The molecule has 3 aliphatic rings. The summed E-state index contributed by atoms with van der Waals surface area (Å²) in [4.78, 5) is 1.52. The molecule has 5 heteroatoms. The van der Waals surface area contributed by atoms with Gasteiger partial charge >= 0.3 is 26.2 Å². The Kier molecular flexibility index (Phi) is 9.42. The summed E-state index contributed by atoms with van der Waals surface area (Å²) >= 11 is 0. The smallest absolute Gasteiger partial charge is 1.00 e. The molecule has 1 heterocycles. The zero-order valence-corrected chi connectivity index (χ0v) is 31.7. The molecule has 9 rings (SSSR count). The second kappa shape index (κ2) is 13.1. The van der Waals surface area contributed by atoms with E-state index in [0.717, 1.165) is 0 Å². The third-order valence-corrected chi connectivity index (χ3v) is 11.5. The first-order valence-electron chi connectivity index (χ1n) is 15.9. The Morgan fingerprint density at radius 2 is 1.34 bits per heavy atom. The number of benzene rings is 5. The third kappa shape index (κ3) is 5.26. The fraction of sp³-hybridized carbons (Fsp3) is 0.167. The van der Waals surface area contributed by atoms with Crippen LogP contribution in [0.5, 0.6) is 0 Å². The molecule has 6 aromatic rings. The maximum absolute atomic E-state index is 3.86. The van der Waals surface area contributed by atoms with E-state index in [9.17, 15) is 0 Å². The van der Waals surface area contributed by atoms with E-state index in [0.29, 0.717) is 5.92 Å². The summed E-state index contributed by atoms with van der Waals surface area (Å²) < 4.78 is 2.51. The number of rotatable bonds is 4. The molecule has 0 N–H and O–H groups in total. The van der Waals surface area contributed by atoms with Crippen LogP contribution < -0.4 is 30.0 Å². The molecule has 229 valence electrons. The van der Waals surface area contributed by atoms with Crippen LogP contribution in [0.25, 0.3) is 56.3 Å². The van der Waals surface area contributed by atoms with Gasteiger partial charge in [0.15, 0.2) is 0 Å². The largest absolute Gasteiger partial charge is 3.00 e. The topological polar surface area (TPSA) is 4.93 Å². The number of aromatic nitrogens is 1. The number of halogens is 2. The van der Waals surface area contributed by atoms with Gasteiger partial charge in [0.1, 0.15) is 0 Å².